The molecule has 6 heteroatoms. The van der Waals surface area contributed by atoms with Crippen molar-refractivity contribution >= 4 is 65.4 Å². The molecule has 0 aliphatic rings. The molecule has 0 saturated carbocycles. The van der Waals surface area contributed by atoms with Gasteiger partial charge in [-0.25, -0.2) is 0 Å². The molecule has 0 aliphatic carbocycles. The number of hydrogen-bond acceptors (Lipinski definition) is 3. The van der Waals surface area contributed by atoms with Crippen molar-refractivity contribution < 1.29 is 0 Å². The SMILES string of the molecule is N#Cc1ccc2c(c1)c1cc(C#N)ccc1n2-c1ccc(-c2ccccc2-n2c3ccccc3c3cc(-n4c5ccccc5c5ccccc54)ccc32)c(C#N)c1. The van der Waals surface area contributed by atoms with Crippen LogP contribution in [0.15, 0.2) is 170 Å². The lowest BCUT2D eigenvalue weighted by molar-refractivity contribution is 1.16. The first-order chi connectivity index (χ1) is 28.1. The van der Waals surface area contributed by atoms with Crippen LogP contribution in [0.3, 0.4) is 0 Å². The second-order valence-electron chi connectivity index (χ2n) is 14.3. The van der Waals surface area contributed by atoms with Crippen LogP contribution < -0.4 is 0 Å². The van der Waals surface area contributed by atoms with Gasteiger partial charge in [0.15, 0.2) is 0 Å². The lowest BCUT2D eigenvalue weighted by Gasteiger charge is -2.16. The summed E-state index contributed by atoms with van der Waals surface area (Å²) in [4.78, 5) is 0. The highest BCUT2D eigenvalue weighted by Crippen LogP contribution is 2.41. The van der Waals surface area contributed by atoms with Gasteiger partial charge in [-0.15, -0.1) is 0 Å². The van der Waals surface area contributed by atoms with E-state index in [1.807, 2.05) is 48.5 Å². The van der Waals surface area contributed by atoms with E-state index in [9.17, 15) is 15.8 Å². The molecule has 262 valence electrons. The second kappa shape index (κ2) is 12.3. The number of rotatable bonds is 4. The van der Waals surface area contributed by atoms with E-state index in [0.29, 0.717) is 16.7 Å². The van der Waals surface area contributed by atoms with Gasteiger partial charge in [0.25, 0.3) is 0 Å². The van der Waals surface area contributed by atoms with Crippen molar-refractivity contribution in [2.75, 3.05) is 0 Å². The van der Waals surface area contributed by atoms with Crippen molar-refractivity contribution in [3.63, 3.8) is 0 Å². The van der Waals surface area contributed by atoms with E-state index >= 15 is 0 Å². The predicted molar refractivity (Wildman–Crippen MR) is 229 cm³/mol. The largest absolute Gasteiger partial charge is 0.309 e. The Balaban J connectivity index is 1.10. The van der Waals surface area contributed by atoms with E-state index in [4.69, 9.17) is 0 Å². The first-order valence-electron chi connectivity index (χ1n) is 18.7. The summed E-state index contributed by atoms with van der Waals surface area (Å²) >= 11 is 0. The molecule has 0 atom stereocenters. The van der Waals surface area contributed by atoms with Crippen LogP contribution in [0.4, 0.5) is 0 Å². The summed E-state index contributed by atoms with van der Waals surface area (Å²) < 4.78 is 6.77. The predicted octanol–water partition coefficient (Wildman–Crippen LogP) is 12.3. The lowest BCUT2D eigenvalue weighted by atomic mass is 9.97. The summed E-state index contributed by atoms with van der Waals surface area (Å²) in [5.41, 5.74) is 12.5. The van der Waals surface area contributed by atoms with E-state index in [1.54, 1.807) is 12.1 Å². The topological polar surface area (TPSA) is 86.2 Å². The summed E-state index contributed by atoms with van der Waals surface area (Å²) in [5, 5.41) is 36.6. The van der Waals surface area contributed by atoms with Gasteiger partial charge in [-0.1, -0.05) is 78.9 Å². The molecule has 0 amide bonds. The van der Waals surface area contributed by atoms with Crippen molar-refractivity contribution in [1.82, 2.24) is 13.7 Å². The number of benzene rings is 8. The molecule has 0 aliphatic heterocycles. The maximum atomic E-state index is 10.8. The van der Waals surface area contributed by atoms with Gasteiger partial charge in [-0.05, 0) is 91.0 Å². The molecule has 0 N–H and O–H groups in total. The van der Waals surface area contributed by atoms with Crippen molar-refractivity contribution in [3.8, 4) is 46.4 Å². The summed E-state index contributed by atoms with van der Waals surface area (Å²) in [6.07, 6.45) is 0. The van der Waals surface area contributed by atoms with E-state index in [-0.39, 0.29) is 0 Å². The monoisotopic (exact) mass is 724 g/mol. The maximum Gasteiger partial charge on any atom is 0.0998 e. The zero-order valence-electron chi connectivity index (χ0n) is 30.3. The Labute approximate surface area is 326 Å². The van der Waals surface area contributed by atoms with Gasteiger partial charge in [0.05, 0.1) is 73.7 Å². The minimum Gasteiger partial charge on any atom is -0.309 e. The molecule has 6 nitrogen and oxygen atoms in total. The first-order valence-corrected chi connectivity index (χ1v) is 18.7. The van der Waals surface area contributed by atoms with E-state index in [1.165, 1.54) is 21.8 Å². The van der Waals surface area contributed by atoms with Gasteiger partial charge in [0.2, 0.25) is 0 Å². The number of para-hydroxylation sites is 4. The second-order valence-corrected chi connectivity index (χ2v) is 14.3. The molecule has 0 spiro atoms. The molecule has 0 fully saturated rings. The Bertz CT molecular complexity index is 3500. The molecule has 0 saturated heterocycles. The van der Waals surface area contributed by atoms with Crippen molar-refractivity contribution in [1.29, 1.82) is 15.8 Å². The van der Waals surface area contributed by atoms with Gasteiger partial charge in [0, 0.05) is 54.8 Å². The fourth-order valence-corrected chi connectivity index (χ4v) is 8.90. The minimum atomic E-state index is 0.534. The molecule has 0 radical (unpaired) electrons. The third kappa shape index (κ3) is 4.68. The van der Waals surface area contributed by atoms with Crippen molar-refractivity contribution in [3.05, 3.63) is 187 Å². The van der Waals surface area contributed by atoms with Gasteiger partial charge in [-0.3, -0.25) is 0 Å². The van der Waals surface area contributed by atoms with E-state index in [2.05, 4.69) is 141 Å². The Morgan fingerprint density at radius 1 is 0.316 bits per heavy atom. The molecular formula is C51H28N6. The van der Waals surface area contributed by atoms with Crippen LogP contribution >= 0.6 is 0 Å². The van der Waals surface area contributed by atoms with Crippen molar-refractivity contribution in [2.24, 2.45) is 0 Å². The van der Waals surface area contributed by atoms with Crippen LogP contribution in [-0.2, 0) is 0 Å². The zero-order valence-corrected chi connectivity index (χ0v) is 30.3. The number of aromatic nitrogens is 3. The van der Waals surface area contributed by atoms with Gasteiger partial charge in [0.1, 0.15) is 0 Å². The number of nitriles is 3. The smallest absolute Gasteiger partial charge is 0.0998 e. The summed E-state index contributed by atoms with van der Waals surface area (Å²) in [5.74, 6) is 0. The quantitative estimate of drug-likeness (QED) is 0.181. The molecule has 0 bridgehead atoms. The van der Waals surface area contributed by atoms with E-state index in [0.717, 1.165) is 71.8 Å². The average Bonchev–Trinajstić information content (AvgIpc) is 3.91. The number of nitrogens with zero attached hydrogens (tertiary/aromatic N) is 6. The van der Waals surface area contributed by atoms with Crippen LogP contribution in [0.2, 0.25) is 0 Å². The highest BCUT2D eigenvalue weighted by atomic mass is 15.0. The zero-order chi connectivity index (χ0) is 38.2. The number of fused-ring (bicyclic) bond motifs is 9. The average molecular weight is 725 g/mol. The van der Waals surface area contributed by atoms with Gasteiger partial charge >= 0.3 is 0 Å². The van der Waals surface area contributed by atoms with Crippen LogP contribution in [-0.4, -0.2) is 13.7 Å². The summed E-state index contributed by atoms with van der Waals surface area (Å²) in [6, 6.07) is 64.9. The molecule has 11 rings (SSSR count). The molecule has 11 aromatic rings. The standard InChI is InChI=1S/C51H28N6/c52-29-32-17-22-49-42(25-32)43-26-33(30-53)18-23-50(43)55(49)35-19-21-37(34(27-35)31-54)38-9-1-7-15-47(38)57-48-16-8-4-12-41(48)44-28-36(20-24-51(44)57)56-45-13-5-2-10-39(45)40-11-3-6-14-46(40)56/h1-28H. The Hall–Kier alpha value is -8.37. The fourth-order valence-electron chi connectivity index (χ4n) is 8.90. The van der Waals surface area contributed by atoms with Gasteiger partial charge < -0.3 is 13.7 Å². The normalized spacial score (nSPS) is 11.5. The Morgan fingerprint density at radius 2 is 0.754 bits per heavy atom. The molecule has 57 heavy (non-hydrogen) atoms. The maximum absolute atomic E-state index is 10.8. The molecule has 0 unspecified atom stereocenters. The van der Waals surface area contributed by atoms with Crippen molar-refractivity contribution in [2.45, 2.75) is 0 Å². The molecular weight excluding hydrogens is 697 g/mol. The fraction of sp³-hybridized carbons (Fsp3) is 0. The van der Waals surface area contributed by atoms with E-state index < -0.39 is 0 Å². The third-order valence-electron chi connectivity index (χ3n) is 11.3. The molecule has 3 aromatic heterocycles. The first kappa shape index (κ1) is 32.1. The summed E-state index contributed by atoms with van der Waals surface area (Å²) in [7, 11) is 0. The summed E-state index contributed by atoms with van der Waals surface area (Å²) in [6.45, 7) is 0. The molecule has 3 heterocycles. The van der Waals surface area contributed by atoms with Crippen LogP contribution in [0, 0.1) is 34.0 Å². The Morgan fingerprint density at radius 3 is 1.35 bits per heavy atom. The highest BCUT2D eigenvalue weighted by Gasteiger charge is 2.20. The van der Waals surface area contributed by atoms with Crippen LogP contribution in [0.1, 0.15) is 16.7 Å². The van der Waals surface area contributed by atoms with Gasteiger partial charge in [-0.2, -0.15) is 15.8 Å². The third-order valence-corrected chi connectivity index (χ3v) is 11.3. The van der Waals surface area contributed by atoms with Crippen LogP contribution in [0.25, 0.3) is 93.6 Å². The number of hydrogen-bond donors (Lipinski definition) is 0. The minimum absolute atomic E-state index is 0.534. The molecule has 8 aromatic carbocycles. The Kier molecular flexibility index (Phi) is 6.95. The highest BCUT2D eigenvalue weighted by molar-refractivity contribution is 6.13. The van der Waals surface area contributed by atoms with Crippen LogP contribution in [0.5, 0.6) is 0 Å². The lowest BCUT2D eigenvalue weighted by Crippen LogP contribution is -2.00.